The first-order chi connectivity index (χ1) is 17.0. The van der Waals surface area contributed by atoms with Crippen LogP contribution in [0, 0.1) is 5.92 Å². The van der Waals surface area contributed by atoms with Crippen molar-refractivity contribution in [3.63, 3.8) is 0 Å². The SMILES string of the molecule is C[C@H]1CCCC[C@@H]1N1C(=O)/C(=C/c2ccc(-c3ccccc3C(=O)O)o2)SC1Nc1ccccc1. The normalized spacial score (nSPS) is 23.6. The molecule has 3 aromatic rings. The Morgan fingerprint density at radius 2 is 1.80 bits per heavy atom. The van der Waals surface area contributed by atoms with E-state index in [1.807, 2.05) is 35.2 Å². The van der Waals surface area contributed by atoms with Gasteiger partial charge in [-0.3, -0.25) is 4.79 Å². The monoisotopic (exact) mass is 488 g/mol. The van der Waals surface area contributed by atoms with Gasteiger partial charge in [0, 0.05) is 23.4 Å². The van der Waals surface area contributed by atoms with Gasteiger partial charge in [-0.05, 0) is 49.1 Å². The molecule has 5 rings (SSSR count). The number of anilines is 1. The second-order valence-electron chi connectivity index (χ2n) is 9.08. The lowest BCUT2D eigenvalue weighted by Crippen LogP contribution is -2.48. The van der Waals surface area contributed by atoms with Crippen molar-refractivity contribution < 1.29 is 19.1 Å². The number of carboxylic acid groups (broad SMARTS) is 1. The van der Waals surface area contributed by atoms with Crippen molar-refractivity contribution in [3.05, 3.63) is 83.0 Å². The molecular formula is C28H28N2O4S. The zero-order valence-electron chi connectivity index (χ0n) is 19.5. The van der Waals surface area contributed by atoms with Gasteiger partial charge in [-0.2, -0.15) is 0 Å². The molecular weight excluding hydrogens is 460 g/mol. The van der Waals surface area contributed by atoms with E-state index >= 15 is 0 Å². The molecule has 0 spiro atoms. The summed E-state index contributed by atoms with van der Waals surface area (Å²) in [7, 11) is 0. The largest absolute Gasteiger partial charge is 0.478 e. The highest BCUT2D eigenvalue weighted by molar-refractivity contribution is 8.05. The number of benzene rings is 2. The maximum absolute atomic E-state index is 13.7. The van der Waals surface area contributed by atoms with Crippen LogP contribution in [0.3, 0.4) is 0 Å². The number of furan rings is 1. The average molecular weight is 489 g/mol. The van der Waals surface area contributed by atoms with E-state index in [-0.39, 0.29) is 23.0 Å². The van der Waals surface area contributed by atoms with Gasteiger partial charge in [0.1, 0.15) is 11.5 Å². The van der Waals surface area contributed by atoms with Crippen LogP contribution in [0.15, 0.2) is 76.1 Å². The Kier molecular flexibility index (Phi) is 6.68. The number of para-hydroxylation sites is 1. The van der Waals surface area contributed by atoms with Crippen LogP contribution in [-0.2, 0) is 4.79 Å². The zero-order valence-corrected chi connectivity index (χ0v) is 20.3. The van der Waals surface area contributed by atoms with Gasteiger partial charge < -0.3 is 19.7 Å². The smallest absolute Gasteiger partial charge is 0.336 e. The molecule has 6 nitrogen and oxygen atoms in total. The number of nitrogens with one attached hydrogen (secondary N) is 1. The van der Waals surface area contributed by atoms with E-state index in [2.05, 4.69) is 12.2 Å². The fourth-order valence-electron chi connectivity index (χ4n) is 4.96. The van der Waals surface area contributed by atoms with Crippen molar-refractivity contribution in [1.82, 2.24) is 4.90 Å². The predicted molar refractivity (Wildman–Crippen MR) is 139 cm³/mol. The van der Waals surface area contributed by atoms with Crippen molar-refractivity contribution in [2.45, 2.75) is 44.1 Å². The van der Waals surface area contributed by atoms with Gasteiger partial charge in [-0.25, -0.2) is 4.79 Å². The summed E-state index contributed by atoms with van der Waals surface area (Å²) in [5.74, 6) is 0.419. The maximum atomic E-state index is 13.7. The Morgan fingerprint density at radius 1 is 1.06 bits per heavy atom. The van der Waals surface area contributed by atoms with Gasteiger partial charge in [0.15, 0.2) is 5.50 Å². The molecule has 2 fully saturated rings. The molecule has 2 aromatic carbocycles. The first kappa shape index (κ1) is 23.3. The molecule has 180 valence electrons. The number of rotatable bonds is 6. The summed E-state index contributed by atoms with van der Waals surface area (Å²) in [6.07, 6.45) is 6.24. The van der Waals surface area contributed by atoms with Crippen LogP contribution in [-0.4, -0.2) is 33.4 Å². The second kappa shape index (κ2) is 10.0. The van der Waals surface area contributed by atoms with E-state index in [9.17, 15) is 14.7 Å². The lowest BCUT2D eigenvalue weighted by Gasteiger charge is -2.39. The summed E-state index contributed by atoms with van der Waals surface area (Å²) < 4.78 is 5.98. The molecule has 1 aliphatic carbocycles. The van der Waals surface area contributed by atoms with Gasteiger partial charge >= 0.3 is 5.97 Å². The van der Waals surface area contributed by atoms with Gasteiger partial charge in [-0.1, -0.05) is 67.9 Å². The van der Waals surface area contributed by atoms with Crippen molar-refractivity contribution in [2.24, 2.45) is 5.92 Å². The van der Waals surface area contributed by atoms with E-state index in [1.165, 1.54) is 18.2 Å². The van der Waals surface area contributed by atoms with Gasteiger partial charge in [0.05, 0.1) is 10.5 Å². The highest BCUT2D eigenvalue weighted by Crippen LogP contribution is 2.42. The highest BCUT2D eigenvalue weighted by Gasteiger charge is 2.43. The number of carbonyl (C=O) groups is 2. The summed E-state index contributed by atoms with van der Waals surface area (Å²) in [6, 6.07) is 20.4. The molecule has 2 N–H and O–H groups in total. The van der Waals surface area contributed by atoms with Crippen LogP contribution < -0.4 is 5.32 Å². The van der Waals surface area contributed by atoms with E-state index in [4.69, 9.17) is 4.42 Å². The standard InChI is InChI=1S/C28H28N2O4S/c1-18-9-5-8-14-23(18)30-26(31)25(35-28(30)29-19-10-3-2-4-11-19)17-20-15-16-24(34-20)21-12-6-7-13-22(21)27(32)33/h2-4,6-7,10-13,15-18,23,28-29H,5,8-9,14H2,1H3,(H,32,33)/b25-17-/t18-,23-,28?/m0/s1. The lowest BCUT2D eigenvalue weighted by atomic mass is 9.85. The molecule has 2 aliphatic rings. The molecule has 1 aliphatic heterocycles. The topological polar surface area (TPSA) is 82.8 Å². The molecule has 1 aromatic heterocycles. The highest BCUT2D eigenvalue weighted by atomic mass is 32.2. The van der Waals surface area contributed by atoms with E-state index < -0.39 is 5.97 Å². The second-order valence-corrected chi connectivity index (χ2v) is 10.2. The lowest BCUT2D eigenvalue weighted by molar-refractivity contribution is -0.129. The molecule has 35 heavy (non-hydrogen) atoms. The number of hydrogen-bond donors (Lipinski definition) is 2. The molecule has 3 atom stereocenters. The summed E-state index contributed by atoms with van der Waals surface area (Å²) in [6.45, 7) is 2.24. The number of aromatic carboxylic acids is 1. The number of amides is 1. The first-order valence-electron chi connectivity index (χ1n) is 12.0. The van der Waals surface area contributed by atoms with Crippen LogP contribution in [0.25, 0.3) is 17.4 Å². The van der Waals surface area contributed by atoms with Crippen LogP contribution in [0.5, 0.6) is 0 Å². The van der Waals surface area contributed by atoms with Crippen molar-refractivity contribution in [3.8, 4) is 11.3 Å². The summed E-state index contributed by atoms with van der Waals surface area (Å²) in [4.78, 5) is 27.9. The summed E-state index contributed by atoms with van der Waals surface area (Å²) in [5, 5.41) is 13.0. The summed E-state index contributed by atoms with van der Waals surface area (Å²) >= 11 is 1.50. The first-order valence-corrected chi connectivity index (χ1v) is 12.8. The molecule has 2 heterocycles. The fraction of sp³-hybridized carbons (Fsp3) is 0.286. The Bertz CT molecular complexity index is 1250. The Balaban J connectivity index is 1.44. The third-order valence-corrected chi connectivity index (χ3v) is 7.86. The Hall–Kier alpha value is -3.45. The van der Waals surface area contributed by atoms with Crippen LogP contribution in [0.4, 0.5) is 5.69 Å². The number of nitrogens with zero attached hydrogens (tertiary/aromatic N) is 1. The third-order valence-electron chi connectivity index (χ3n) is 6.75. The quantitative estimate of drug-likeness (QED) is 0.384. The number of hydrogen-bond acceptors (Lipinski definition) is 5. The van der Waals surface area contributed by atoms with Crippen LogP contribution >= 0.6 is 11.8 Å². The maximum Gasteiger partial charge on any atom is 0.336 e. The van der Waals surface area contributed by atoms with Crippen molar-refractivity contribution in [2.75, 3.05) is 5.32 Å². The molecule has 1 amide bonds. The number of thioether (sulfide) groups is 1. The molecule has 0 bridgehead atoms. The molecule has 0 radical (unpaired) electrons. The van der Waals surface area contributed by atoms with Crippen molar-refractivity contribution >= 4 is 35.4 Å². The van der Waals surface area contributed by atoms with E-state index in [0.717, 1.165) is 24.9 Å². The van der Waals surface area contributed by atoms with Gasteiger partial charge in [0.2, 0.25) is 0 Å². The van der Waals surface area contributed by atoms with Crippen LogP contribution in [0.1, 0.15) is 48.7 Å². The minimum atomic E-state index is -1.01. The minimum Gasteiger partial charge on any atom is -0.478 e. The third kappa shape index (κ3) is 4.86. The molecule has 1 unspecified atom stereocenters. The zero-order chi connectivity index (χ0) is 24.4. The van der Waals surface area contributed by atoms with Crippen LogP contribution in [0.2, 0.25) is 0 Å². The van der Waals surface area contributed by atoms with Gasteiger partial charge in [0.25, 0.3) is 5.91 Å². The number of carboxylic acids is 1. The summed E-state index contributed by atoms with van der Waals surface area (Å²) in [5.41, 5.74) is 1.45. The molecule has 7 heteroatoms. The predicted octanol–water partition coefficient (Wildman–Crippen LogP) is 6.54. The van der Waals surface area contributed by atoms with Gasteiger partial charge in [-0.15, -0.1) is 0 Å². The average Bonchev–Trinajstić information content (AvgIpc) is 3.45. The van der Waals surface area contributed by atoms with E-state index in [0.29, 0.717) is 27.9 Å². The molecule has 1 saturated carbocycles. The Labute approximate surface area is 209 Å². The van der Waals surface area contributed by atoms with E-state index in [1.54, 1.807) is 42.5 Å². The minimum absolute atomic E-state index is 0.00562. The fourth-order valence-corrected chi connectivity index (χ4v) is 6.15. The number of carbonyl (C=O) groups excluding carboxylic acids is 1. The molecule has 1 saturated heterocycles. The van der Waals surface area contributed by atoms with Crippen molar-refractivity contribution in [1.29, 1.82) is 0 Å². The Morgan fingerprint density at radius 3 is 2.57 bits per heavy atom.